The maximum absolute atomic E-state index is 13.1. The number of amides is 1. The van der Waals surface area contributed by atoms with Gasteiger partial charge in [-0.25, -0.2) is 5.01 Å². The molecule has 2 bridgehead atoms. The molecule has 1 aliphatic heterocycles. The third-order valence-corrected chi connectivity index (χ3v) is 7.75. The third-order valence-electron chi connectivity index (χ3n) is 7.75. The molecule has 0 aromatic heterocycles. The Kier molecular flexibility index (Phi) is 5.98. The molecule has 2 aromatic rings. The van der Waals surface area contributed by atoms with Crippen LogP contribution in [0.1, 0.15) is 50.3 Å². The fourth-order valence-electron chi connectivity index (χ4n) is 5.43. The van der Waals surface area contributed by atoms with Gasteiger partial charge in [0.05, 0.1) is 25.1 Å². The van der Waals surface area contributed by atoms with Gasteiger partial charge >= 0.3 is 0 Å². The van der Waals surface area contributed by atoms with E-state index in [1.54, 1.807) is 18.3 Å². The molecule has 1 heterocycles. The Balaban J connectivity index is 1.28. The smallest absolute Gasteiger partial charge is 0.283 e. The topological polar surface area (TPSA) is 63.5 Å². The Labute approximate surface area is 200 Å². The highest BCUT2D eigenvalue weighted by Gasteiger charge is 2.50. The lowest BCUT2D eigenvalue weighted by Gasteiger charge is -2.55. The Hall–Kier alpha value is -3.41. The molecule has 1 amide bonds. The number of hydrazone groups is 1. The number of hydrogen-bond donors (Lipinski definition) is 0. The number of oxime groups is 1. The van der Waals surface area contributed by atoms with Gasteiger partial charge in [0, 0.05) is 6.42 Å². The van der Waals surface area contributed by atoms with Gasteiger partial charge in [-0.1, -0.05) is 67.5 Å². The largest absolute Gasteiger partial charge is 0.497 e. The molecule has 2 aromatic carbocycles. The number of rotatable bonds is 7. The van der Waals surface area contributed by atoms with Gasteiger partial charge in [0.15, 0.2) is 6.61 Å². The lowest BCUT2D eigenvalue weighted by molar-refractivity contribution is -0.137. The summed E-state index contributed by atoms with van der Waals surface area (Å²) in [5.41, 5.74) is 4.45. The minimum atomic E-state index is -0.217. The summed E-state index contributed by atoms with van der Waals surface area (Å²) in [5.74, 6) is 1.87. The molecule has 0 radical (unpaired) electrons. The Morgan fingerprint density at radius 3 is 2.62 bits per heavy atom. The second-order valence-electron chi connectivity index (χ2n) is 9.90. The quantitative estimate of drug-likeness (QED) is 0.415. The van der Waals surface area contributed by atoms with Crippen LogP contribution < -0.4 is 4.74 Å². The first-order valence-corrected chi connectivity index (χ1v) is 11.9. The number of allylic oxidation sites excluding steroid dienone is 2. The first-order valence-electron chi connectivity index (χ1n) is 11.9. The molecule has 1 saturated carbocycles. The zero-order valence-corrected chi connectivity index (χ0v) is 20.0. The molecule has 6 rings (SSSR count). The van der Waals surface area contributed by atoms with Crippen LogP contribution >= 0.6 is 0 Å². The molecule has 3 unspecified atom stereocenters. The highest BCUT2D eigenvalue weighted by Crippen LogP contribution is 2.58. The third kappa shape index (κ3) is 4.13. The van der Waals surface area contributed by atoms with Crippen LogP contribution in [0, 0.1) is 17.3 Å². The first-order chi connectivity index (χ1) is 16.5. The van der Waals surface area contributed by atoms with E-state index in [1.807, 2.05) is 54.6 Å². The minimum absolute atomic E-state index is 0.154. The average molecular weight is 458 g/mol. The molecule has 6 heteroatoms. The standard InChI is InChI=1S/C28H31N3O3/c1-28(2)22-12-9-21(24(28)15-22)17-29-34-18-27(32)31-26(20-10-13-23(33-3)14-11-20)16-25(30-31)19-7-5-4-6-8-19/h4-11,13-14,17,22,24,26H,12,15-16,18H2,1-3H3/b29-17+. The van der Waals surface area contributed by atoms with Crippen LogP contribution in [0.3, 0.4) is 0 Å². The SMILES string of the molecule is COc1ccc(C2CC(c3ccccc3)=NN2C(=O)CO/N=C/C2=CCC3CC2C3(C)C)cc1. The maximum atomic E-state index is 13.1. The number of ether oxygens (including phenoxy) is 1. The number of nitrogens with zero attached hydrogens (tertiary/aromatic N) is 3. The summed E-state index contributed by atoms with van der Waals surface area (Å²) in [6.45, 7) is 4.50. The van der Waals surface area contributed by atoms with Crippen LogP contribution in [-0.2, 0) is 9.63 Å². The van der Waals surface area contributed by atoms with Crippen molar-refractivity contribution in [3.05, 3.63) is 77.4 Å². The molecule has 4 aliphatic rings. The van der Waals surface area contributed by atoms with Crippen molar-refractivity contribution < 1.29 is 14.4 Å². The van der Waals surface area contributed by atoms with E-state index in [9.17, 15) is 4.79 Å². The normalized spacial score (nSPS) is 24.9. The number of carbonyl (C=O) groups excluding carboxylic acids is 1. The molecule has 1 fully saturated rings. The van der Waals surface area contributed by atoms with Crippen molar-refractivity contribution in [3.63, 3.8) is 0 Å². The Bertz CT molecular complexity index is 1140. The van der Waals surface area contributed by atoms with Gasteiger partial charge in [0.25, 0.3) is 5.91 Å². The van der Waals surface area contributed by atoms with Crippen LogP contribution in [0.5, 0.6) is 5.75 Å². The van der Waals surface area contributed by atoms with Crippen LogP contribution in [0.4, 0.5) is 0 Å². The van der Waals surface area contributed by atoms with Gasteiger partial charge in [0.2, 0.25) is 0 Å². The average Bonchev–Trinajstić information content (AvgIpc) is 3.33. The van der Waals surface area contributed by atoms with Gasteiger partial charge in [-0.3, -0.25) is 4.79 Å². The van der Waals surface area contributed by atoms with Crippen molar-refractivity contribution in [2.75, 3.05) is 13.7 Å². The van der Waals surface area contributed by atoms with E-state index in [2.05, 4.69) is 25.1 Å². The first kappa shape index (κ1) is 22.4. The van der Waals surface area contributed by atoms with Crippen molar-refractivity contribution in [2.24, 2.45) is 27.5 Å². The number of fused-ring (bicyclic) bond motifs is 1. The summed E-state index contributed by atoms with van der Waals surface area (Å²) in [6, 6.07) is 17.5. The zero-order valence-electron chi connectivity index (χ0n) is 20.0. The molecular formula is C28H31N3O3. The van der Waals surface area contributed by atoms with E-state index in [4.69, 9.17) is 14.7 Å². The van der Waals surface area contributed by atoms with Crippen LogP contribution in [0.25, 0.3) is 0 Å². The number of methoxy groups -OCH3 is 1. The van der Waals surface area contributed by atoms with Gasteiger partial charge in [0.1, 0.15) is 5.75 Å². The van der Waals surface area contributed by atoms with Crippen LogP contribution in [-0.4, -0.2) is 36.6 Å². The number of benzene rings is 2. The monoisotopic (exact) mass is 457 g/mol. The Morgan fingerprint density at radius 1 is 1.18 bits per heavy atom. The second kappa shape index (κ2) is 9.09. The van der Waals surface area contributed by atoms with Gasteiger partial charge in [-0.2, -0.15) is 5.10 Å². The summed E-state index contributed by atoms with van der Waals surface area (Å²) >= 11 is 0. The van der Waals surface area contributed by atoms with E-state index in [0.29, 0.717) is 17.8 Å². The predicted molar refractivity (Wildman–Crippen MR) is 133 cm³/mol. The minimum Gasteiger partial charge on any atom is -0.497 e. The lowest BCUT2D eigenvalue weighted by Crippen LogP contribution is -2.48. The molecule has 3 aliphatic carbocycles. The second-order valence-corrected chi connectivity index (χ2v) is 9.90. The van der Waals surface area contributed by atoms with E-state index >= 15 is 0 Å². The molecule has 0 saturated heterocycles. The van der Waals surface area contributed by atoms with E-state index < -0.39 is 0 Å². The van der Waals surface area contributed by atoms with Crippen molar-refractivity contribution in [2.45, 2.75) is 39.2 Å². The maximum Gasteiger partial charge on any atom is 0.283 e. The van der Waals surface area contributed by atoms with E-state index in [1.165, 1.54) is 12.0 Å². The molecular weight excluding hydrogens is 426 g/mol. The molecule has 176 valence electrons. The lowest BCUT2D eigenvalue weighted by atomic mass is 9.49. The van der Waals surface area contributed by atoms with Crippen LogP contribution in [0.15, 0.2) is 76.5 Å². The molecule has 3 atom stereocenters. The zero-order chi connectivity index (χ0) is 23.7. The number of hydrogen-bond acceptors (Lipinski definition) is 5. The van der Waals surface area contributed by atoms with E-state index in [-0.39, 0.29) is 18.6 Å². The van der Waals surface area contributed by atoms with Crippen molar-refractivity contribution in [1.82, 2.24) is 5.01 Å². The van der Waals surface area contributed by atoms with Gasteiger partial charge in [-0.05, 0) is 58.9 Å². The van der Waals surface area contributed by atoms with E-state index in [0.717, 1.165) is 34.9 Å². The molecule has 34 heavy (non-hydrogen) atoms. The fraction of sp³-hybridized carbons (Fsp3) is 0.393. The van der Waals surface area contributed by atoms with Gasteiger partial charge < -0.3 is 9.57 Å². The van der Waals surface area contributed by atoms with Crippen molar-refractivity contribution in [3.8, 4) is 5.75 Å². The highest BCUT2D eigenvalue weighted by atomic mass is 16.6. The number of carbonyl (C=O) groups is 1. The highest BCUT2D eigenvalue weighted by molar-refractivity contribution is 6.03. The summed E-state index contributed by atoms with van der Waals surface area (Å²) < 4.78 is 5.29. The van der Waals surface area contributed by atoms with Gasteiger partial charge in [-0.15, -0.1) is 0 Å². The summed E-state index contributed by atoms with van der Waals surface area (Å²) in [4.78, 5) is 18.6. The molecule has 0 N–H and O–H groups in total. The van der Waals surface area contributed by atoms with Crippen molar-refractivity contribution >= 4 is 17.8 Å². The molecule has 0 spiro atoms. The fourth-order valence-corrected chi connectivity index (χ4v) is 5.43. The summed E-state index contributed by atoms with van der Waals surface area (Å²) in [5, 5.41) is 10.4. The summed E-state index contributed by atoms with van der Waals surface area (Å²) in [7, 11) is 1.64. The summed E-state index contributed by atoms with van der Waals surface area (Å²) in [6.07, 6.45) is 7.00. The van der Waals surface area contributed by atoms with Crippen LogP contribution in [0.2, 0.25) is 0 Å². The predicted octanol–water partition coefficient (Wildman–Crippen LogP) is 5.37. The van der Waals surface area contributed by atoms with Crippen molar-refractivity contribution in [1.29, 1.82) is 0 Å². The molecule has 6 nitrogen and oxygen atoms in total. The Morgan fingerprint density at radius 2 is 1.94 bits per heavy atom.